The van der Waals surface area contributed by atoms with Crippen LogP contribution in [0.3, 0.4) is 0 Å². The van der Waals surface area contributed by atoms with Crippen LogP contribution < -0.4 is 20.7 Å². The second-order valence-electron chi connectivity index (χ2n) is 7.39. The minimum atomic E-state index is -0.721. The van der Waals surface area contributed by atoms with Crippen molar-refractivity contribution in [3.63, 3.8) is 0 Å². The van der Waals surface area contributed by atoms with E-state index >= 15 is 0 Å². The van der Waals surface area contributed by atoms with Gasteiger partial charge in [0.05, 0.1) is 44.0 Å². The molecule has 3 aromatic heterocycles. The van der Waals surface area contributed by atoms with Gasteiger partial charge in [-0.15, -0.1) is 0 Å². The van der Waals surface area contributed by atoms with E-state index in [4.69, 9.17) is 35.4 Å². The number of anilines is 4. The van der Waals surface area contributed by atoms with Gasteiger partial charge in [-0.05, 0) is 13.0 Å². The van der Waals surface area contributed by atoms with Crippen molar-refractivity contribution in [3.8, 4) is 17.1 Å². The van der Waals surface area contributed by atoms with Gasteiger partial charge in [-0.1, -0.05) is 0 Å². The van der Waals surface area contributed by atoms with Crippen LogP contribution in [0.15, 0.2) is 30.7 Å². The first-order valence-corrected chi connectivity index (χ1v) is 10.5. The molecule has 0 unspecified atom stereocenters. The van der Waals surface area contributed by atoms with Gasteiger partial charge in [0.1, 0.15) is 11.9 Å². The quantitative estimate of drug-likeness (QED) is 0.374. The summed E-state index contributed by atoms with van der Waals surface area (Å²) in [7, 11) is 0. The molecule has 4 rings (SSSR count). The van der Waals surface area contributed by atoms with E-state index in [9.17, 15) is 0 Å². The lowest BCUT2D eigenvalue weighted by Gasteiger charge is -2.28. The second-order valence-corrected chi connectivity index (χ2v) is 7.39. The minimum Gasteiger partial charge on any atom is -0.469 e. The van der Waals surface area contributed by atoms with Crippen LogP contribution in [0.1, 0.15) is 5.56 Å². The first-order chi connectivity index (χ1) is 16.1. The molecule has 3 aromatic rings. The van der Waals surface area contributed by atoms with E-state index in [-0.39, 0.29) is 19.2 Å². The van der Waals surface area contributed by atoms with Crippen LogP contribution in [0.4, 0.5) is 23.4 Å². The molecule has 0 bridgehead atoms. The summed E-state index contributed by atoms with van der Waals surface area (Å²) in [5.41, 5.74) is 8.55. The number of rotatable bonds is 8. The number of aliphatic hydroxyl groups is 2. The van der Waals surface area contributed by atoms with Crippen molar-refractivity contribution < 1.29 is 19.7 Å². The van der Waals surface area contributed by atoms with Crippen molar-refractivity contribution in [2.75, 3.05) is 55.5 Å². The third-order valence-electron chi connectivity index (χ3n) is 5.07. The number of hydrogen-bond donors (Lipinski definition) is 4. The first kappa shape index (κ1) is 22.6. The average Bonchev–Trinajstić information content (AvgIpc) is 2.86. The fourth-order valence-corrected chi connectivity index (χ4v) is 3.24. The van der Waals surface area contributed by atoms with Crippen molar-refractivity contribution in [3.05, 3.63) is 36.3 Å². The summed E-state index contributed by atoms with van der Waals surface area (Å²) in [5.74, 6) is 1.66. The van der Waals surface area contributed by atoms with Crippen LogP contribution in [-0.2, 0) is 4.74 Å². The van der Waals surface area contributed by atoms with Gasteiger partial charge in [-0.3, -0.25) is 0 Å². The van der Waals surface area contributed by atoms with Crippen molar-refractivity contribution in [1.29, 1.82) is 0 Å². The highest BCUT2D eigenvalue weighted by atomic mass is 16.5. The molecule has 1 aliphatic heterocycles. The maximum absolute atomic E-state index is 9.17. The number of nitrogens with two attached hydrogens (primary N) is 1. The summed E-state index contributed by atoms with van der Waals surface area (Å²) >= 11 is 0. The zero-order valence-corrected chi connectivity index (χ0v) is 18.2. The van der Waals surface area contributed by atoms with Crippen LogP contribution in [0.25, 0.3) is 11.3 Å². The Morgan fingerprint density at radius 2 is 1.82 bits per heavy atom. The van der Waals surface area contributed by atoms with Gasteiger partial charge in [0.15, 0.2) is 0 Å². The Hall–Kier alpha value is -3.61. The van der Waals surface area contributed by atoms with Gasteiger partial charge in [-0.2, -0.15) is 4.98 Å². The largest absolute Gasteiger partial charge is 0.469 e. The molecule has 12 heteroatoms. The van der Waals surface area contributed by atoms with Crippen molar-refractivity contribution in [2.24, 2.45) is 0 Å². The van der Waals surface area contributed by atoms with E-state index in [2.05, 4.69) is 25.2 Å². The van der Waals surface area contributed by atoms with E-state index < -0.39 is 6.10 Å². The maximum Gasteiger partial charge on any atom is 0.228 e. The molecule has 0 radical (unpaired) electrons. The highest BCUT2D eigenvalue weighted by molar-refractivity contribution is 5.72. The molecule has 1 saturated heterocycles. The zero-order chi connectivity index (χ0) is 23.2. The molecule has 4 heterocycles. The Kier molecular flexibility index (Phi) is 7.07. The zero-order valence-electron chi connectivity index (χ0n) is 18.2. The number of ether oxygens (including phenoxy) is 2. The van der Waals surface area contributed by atoms with Crippen LogP contribution in [-0.4, -0.2) is 80.8 Å². The number of nitrogens with zero attached hydrogens (tertiary/aromatic N) is 6. The highest BCUT2D eigenvalue weighted by Gasteiger charge is 2.20. The molecule has 33 heavy (non-hydrogen) atoms. The lowest BCUT2D eigenvalue weighted by molar-refractivity contribution is 0.0597. The monoisotopic (exact) mass is 454 g/mol. The molecule has 1 fully saturated rings. The van der Waals surface area contributed by atoms with Gasteiger partial charge in [0, 0.05) is 42.7 Å². The van der Waals surface area contributed by atoms with Crippen LogP contribution >= 0.6 is 0 Å². The Bertz CT molecular complexity index is 1060. The second kappa shape index (κ2) is 10.3. The standard InChI is InChI=1S/C21H26N8O4/c1-13-18(14-8-24-20(22)25-9-14)27-21(29-4-6-32-7-5-29)28-19(13)26-15-2-3-17(23-10-15)33-16(11-30)12-31/h2-3,8-10,16,30-31H,4-7,11-12H2,1H3,(H2,22,24,25)(H,26,27,28). The fraction of sp³-hybridized carbons (Fsp3) is 0.381. The number of nitrogens with one attached hydrogen (secondary N) is 1. The molecular weight excluding hydrogens is 428 g/mol. The molecule has 0 amide bonds. The molecule has 174 valence electrons. The summed E-state index contributed by atoms with van der Waals surface area (Å²) in [6.07, 6.45) is 4.14. The predicted octanol–water partition coefficient (Wildman–Crippen LogP) is 0.531. The summed E-state index contributed by atoms with van der Waals surface area (Å²) in [5, 5.41) is 21.6. The van der Waals surface area contributed by atoms with Crippen LogP contribution in [0, 0.1) is 6.92 Å². The summed E-state index contributed by atoms with van der Waals surface area (Å²) < 4.78 is 10.9. The molecule has 0 saturated carbocycles. The van der Waals surface area contributed by atoms with Crippen molar-refractivity contribution >= 4 is 23.4 Å². The lowest BCUT2D eigenvalue weighted by Crippen LogP contribution is -2.37. The Labute approximate surface area is 190 Å². The van der Waals surface area contributed by atoms with Crippen molar-refractivity contribution in [2.45, 2.75) is 13.0 Å². The number of hydrogen-bond acceptors (Lipinski definition) is 12. The van der Waals surface area contributed by atoms with E-state index in [1.807, 2.05) is 6.92 Å². The summed E-state index contributed by atoms with van der Waals surface area (Å²) in [4.78, 5) is 24.0. The van der Waals surface area contributed by atoms with Gasteiger partial charge in [-0.25, -0.2) is 19.9 Å². The molecule has 0 atom stereocenters. The molecule has 0 spiro atoms. The lowest BCUT2D eigenvalue weighted by atomic mass is 10.1. The van der Waals surface area contributed by atoms with Gasteiger partial charge >= 0.3 is 0 Å². The topological polar surface area (TPSA) is 165 Å². The molecular formula is C21H26N8O4. The predicted molar refractivity (Wildman–Crippen MR) is 121 cm³/mol. The Morgan fingerprint density at radius 1 is 1.09 bits per heavy atom. The molecule has 12 nitrogen and oxygen atoms in total. The smallest absolute Gasteiger partial charge is 0.228 e. The number of aromatic nitrogens is 5. The number of morpholine rings is 1. The molecule has 0 aliphatic carbocycles. The minimum absolute atomic E-state index is 0.190. The molecule has 5 N–H and O–H groups in total. The maximum atomic E-state index is 9.17. The van der Waals surface area contributed by atoms with E-state index in [1.165, 1.54) is 0 Å². The summed E-state index contributed by atoms with van der Waals surface area (Å²) in [6.45, 7) is 3.88. The molecule has 0 aromatic carbocycles. The number of aliphatic hydroxyl groups excluding tert-OH is 2. The number of nitrogen functional groups attached to an aromatic ring is 1. The third-order valence-corrected chi connectivity index (χ3v) is 5.07. The highest BCUT2D eigenvalue weighted by Crippen LogP contribution is 2.30. The fourth-order valence-electron chi connectivity index (χ4n) is 3.24. The average molecular weight is 454 g/mol. The van der Waals surface area contributed by atoms with Crippen LogP contribution in [0.2, 0.25) is 0 Å². The third kappa shape index (κ3) is 5.42. The first-order valence-electron chi connectivity index (χ1n) is 10.5. The number of pyridine rings is 1. The van der Waals surface area contributed by atoms with E-state index in [0.29, 0.717) is 55.3 Å². The van der Waals surface area contributed by atoms with Crippen molar-refractivity contribution in [1.82, 2.24) is 24.9 Å². The van der Waals surface area contributed by atoms with Gasteiger partial charge in [0.2, 0.25) is 17.8 Å². The molecule has 1 aliphatic rings. The summed E-state index contributed by atoms with van der Waals surface area (Å²) in [6, 6.07) is 3.42. The SMILES string of the molecule is Cc1c(Nc2ccc(OC(CO)CO)nc2)nc(N2CCOCC2)nc1-c1cnc(N)nc1. The van der Waals surface area contributed by atoms with Gasteiger partial charge < -0.3 is 35.6 Å². The Morgan fingerprint density at radius 3 is 2.45 bits per heavy atom. The van der Waals surface area contributed by atoms with E-state index in [0.717, 1.165) is 11.1 Å². The Balaban J connectivity index is 1.65. The van der Waals surface area contributed by atoms with E-state index in [1.54, 1.807) is 30.7 Å². The van der Waals surface area contributed by atoms with Crippen LogP contribution in [0.5, 0.6) is 5.88 Å². The van der Waals surface area contributed by atoms with Gasteiger partial charge in [0.25, 0.3) is 0 Å². The normalized spacial score (nSPS) is 13.9.